The third-order valence-electron chi connectivity index (χ3n) is 6.43. The van der Waals surface area contributed by atoms with Crippen molar-refractivity contribution in [3.8, 4) is 0 Å². The molecule has 2 heterocycles. The Kier molecular flexibility index (Phi) is 5.08. The van der Waals surface area contributed by atoms with Crippen molar-refractivity contribution in [2.24, 2.45) is 0 Å². The lowest BCUT2D eigenvalue weighted by Gasteiger charge is -2.39. The second-order valence-corrected chi connectivity index (χ2v) is 8.07. The molecule has 2 aliphatic heterocycles. The lowest BCUT2D eigenvalue weighted by atomic mass is 9.68. The van der Waals surface area contributed by atoms with Crippen LogP contribution in [0.3, 0.4) is 0 Å². The summed E-state index contributed by atoms with van der Waals surface area (Å²) >= 11 is 0. The minimum Gasteiger partial charge on any atom is -0.450 e. The number of ether oxygens (including phenoxy) is 1. The molecule has 1 aliphatic carbocycles. The Morgan fingerprint density at radius 3 is 2.85 bits per heavy atom. The number of likely N-dealkylation sites (tertiary alicyclic amines) is 1. The van der Waals surface area contributed by atoms with Gasteiger partial charge in [0.05, 0.1) is 12.0 Å². The number of carbonyl (C=O) groups is 2. The smallest absolute Gasteiger partial charge is 0.407 e. The number of hydrogen-bond donors (Lipinski definition) is 2. The second kappa shape index (κ2) is 7.50. The summed E-state index contributed by atoms with van der Waals surface area (Å²) in [5.74, 6) is 0.168. The molecule has 6 heteroatoms. The predicted molar refractivity (Wildman–Crippen MR) is 104 cm³/mol. The Bertz CT molecular complexity index is 712. The maximum absolute atomic E-state index is 12.7. The predicted octanol–water partition coefficient (Wildman–Crippen LogP) is 3.03. The molecule has 1 aromatic carbocycles. The van der Waals surface area contributed by atoms with E-state index in [1.165, 1.54) is 5.56 Å². The summed E-state index contributed by atoms with van der Waals surface area (Å²) < 4.78 is 5.13. The molecule has 1 atom stereocenters. The molecule has 27 heavy (non-hydrogen) atoms. The van der Waals surface area contributed by atoms with Crippen molar-refractivity contribution in [2.75, 3.05) is 25.0 Å². The summed E-state index contributed by atoms with van der Waals surface area (Å²) in [7, 11) is 0. The quantitative estimate of drug-likeness (QED) is 0.853. The number of amides is 2. The number of carbonyl (C=O) groups excluding carboxylic acids is 2. The van der Waals surface area contributed by atoms with E-state index in [9.17, 15) is 9.59 Å². The lowest BCUT2D eigenvalue weighted by Crippen LogP contribution is -2.45. The molecule has 1 saturated carbocycles. The SMILES string of the molecule is CCCOC(=O)N[C@H]1CCN(C2CCC3(CC2)C(=O)Nc2ccccc23)C1. The molecule has 6 nitrogen and oxygen atoms in total. The van der Waals surface area contributed by atoms with Crippen molar-refractivity contribution < 1.29 is 14.3 Å². The Hall–Kier alpha value is -2.08. The highest BCUT2D eigenvalue weighted by molar-refractivity contribution is 6.06. The van der Waals surface area contributed by atoms with Crippen molar-refractivity contribution in [1.82, 2.24) is 10.2 Å². The summed E-state index contributed by atoms with van der Waals surface area (Å²) in [6.07, 6.45) is 5.34. The van der Waals surface area contributed by atoms with E-state index in [4.69, 9.17) is 4.74 Å². The van der Waals surface area contributed by atoms with E-state index in [-0.39, 0.29) is 23.5 Å². The molecule has 1 saturated heterocycles. The van der Waals surface area contributed by atoms with E-state index in [1.807, 2.05) is 25.1 Å². The fourth-order valence-corrected chi connectivity index (χ4v) is 4.97. The van der Waals surface area contributed by atoms with Gasteiger partial charge in [-0.25, -0.2) is 4.79 Å². The van der Waals surface area contributed by atoms with Gasteiger partial charge in [0.15, 0.2) is 0 Å². The van der Waals surface area contributed by atoms with E-state index in [1.54, 1.807) is 0 Å². The standard InChI is InChI=1S/C21H29N3O3/c1-2-13-27-20(26)22-15-9-12-24(14-15)16-7-10-21(11-8-16)17-5-3-4-6-18(17)23-19(21)25/h3-6,15-16H,2,7-14H2,1H3,(H,22,26)(H,23,25)/t15-,16?,21?/m0/s1. The number of alkyl carbamates (subject to hydrolysis) is 1. The number of nitrogens with one attached hydrogen (secondary N) is 2. The molecule has 0 unspecified atom stereocenters. The van der Waals surface area contributed by atoms with Gasteiger partial charge in [-0.2, -0.15) is 0 Å². The first-order valence-electron chi connectivity index (χ1n) is 10.2. The summed E-state index contributed by atoms with van der Waals surface area (Å²) in [6.45, 7) is 4.33. The number of rotatable bonds is 4. The Morgan fingerprint density at radius 2 is 2.07 bits per heavy atom. The number of hydrogen-bond acceptors (Lipinski definition) is 4. The Morgan fingerprint density at radius 1 is 1.30 bits per heavy atom. The Labute approximate surface area is 160 Å². The summed E-state index contributed by atoms with van der Waals surface area (Å²) in [6, 6.07) is 8.78. The monoisotopic (exact) mass is 371 g/mol. The third kappa shape index (κ3) is 3.43. The molecule has 1 aromatic rings. The number of anilines is 1. The van der Waals surface area contributed by atoms with Crippen molar-refractivity contribution >= 4 is 17.7 Å². The number of nitrogens with zero attached hydrogens (tertiary/aromatic N) is 1. The third-order valence-corrected chi connectivity index (χ3v) is 6.43. The van der Waals surface area contributed by atoms with Crippen LogP contribution in [0.1, 0.15) is 51.0 Å². The van der Waals surface area contributed by atoms with Crippen LogP contribution < -0.4 is 10.6 Å². The fourth-order valence-electron chi connectivity index (χ4n) is 4.97. The highest BCUT2D eigenvalue weighted by Crippen LogP contribution is 2.48. The van der Waals surface area contributed by atoms with Crippen LogP contribution >= 0.6 is 0 Å². The zero-order chi connectivity index (χ0) is 18.9. The molecular formula is C21H29N3O3. The normalized spacial score (nSPS) is 30.2. The molecular weight excluding hydrogens is 342 g/mol. The van der Waals surface area contributed by atoms with Crippen LogP contribution in [0.5, 0.6) is 0 Å². The number of benzene rings is 1. The summed E-state index contributed by atoms with van der Waals surface area (Å²) in [5.41, 5.74) is 1.82. The highest BCUT2D eigenvalue weighted by Gasteiger charge is 2.49. The lowest BCUT2D eigenvalue weighted by molar-refractivity contribution is -0.122. The van der Waals surface area contributed by atoms with Crippen LogP contribution in [0.2, 0.25) is 0 Å². The first-order chi connectivity index (χ1) is 13.1. The van der Waals surface area contributed by atoms with E-state index in [2.05, 4.69) is 21.6 Å². The molecule has 0 bridgehead atoms. The van der Waals surface area contributed by atoms with Gasteiger partial charge in [-0.15, -0.1) is 0 Å². The average Bonchev–Trinajstić information content (AvgIpc) is 3.24. The first-order valence-corrected chi connectivity index (χ1v) is 10.2. The van der Waals surface area contributed by atoms with Crippen LogP contribution in [0.25, 0.3) is 0 Å². The first kappa shape index (κ1) is 18.3. The highest BCUT2D eigenvalue weighted by atomic mass is 16.5. The van der Waals surface area contributed by atoms with Gasteiger partial charge in [0, 0.05) is 30.9 Å². The summed E-state index contributed by atoms with van der Waals surface area (Å²) in [5, 5.41) is 6.06. The van der Waals surface area contributed by atoms with E-state index < -0.39 is 0 Å². The minimum atomic E-state index is -0.339. The maximum Gasteiger partial charge on any atom is 0.407 e. The number of fused-ring (bicyclic) bond motifs is 2. The van der Waals surface area contributed by atoms with Crippen molar-refractivity contribution in [2.45, 2.75) is 62.9 Å². The topological polar surface area (TPSA) is 70.7 Å². The van der Waals surface area contributed by atoms with Gasteiger partial charge < -0.3 is 15.4 Å². The molecule has 2 amide bonds. The molecule has 3 aliphatic rings. The molecule has 1 spiro atoms. The van der Waals surface area contributed by atoms with Gasteiger partial charge in [-0.1, -0.05) is 25.1 Å². The zero-order valence-corrected chi connectivity index (χ0v) is 16.0. The molecule has 2 N–H and O–H groups in total. The molecule has 0 aromatic heterocycles. The van der Waals surface area contributed by atoms with Gasteiger partial charge >= 0.3 is 6.09 Å². The largest absolute Gasteiger partial charge is 0.450 e. The van der Waals surface area contributed by atoms with Crippen LogP contribution in [-0.2, 0) is 14.9 Å². The number of para-hydroxylation sites is 1. The van der Waals surface area contributed by atoms with Gasteiger partial charge in [0.1, 0.15) is 0 Å². The summed E-state index contributed by atoms with van der Waals surface area (Å²) in [4.78, 5) is 27.0. The van der Waals surface area contributed by atoms with E-state index in [0.717, 1.165) is 57.3 Å². The molecule has 4 rings (SSSR count). The van der Waals surface area contributed by atoms with Gasteiger partial charge in [-0.05, 0) is 50.2 Å². The van der Waals surface area contributed by atoms with Crippen LogP contribution in [0.15, 0.2) is 24.3 Å². The van der Waals surface area contributed by atoms with E-state index >= 15 is 0 Å². The van der Waals surface area contributed by atoms with Gasteiger partial charge in [0.25, 0.3) is 0 Å². The van der Waals surface area contributed by atoms with Gasteiger partial charge in [0.2, 0.25) is 5.91 Å². The van der Waals surface area contributed by atoms with Crippen LogP contribution in [0, 0.1) is 0 Å². The van der Waals surface area contributed by atoms with Crippen LogP contribution in [-0.4, -0.2) is 48.7 Å². The fraction of sp³-hybridized carbons (Fsp3) is 0.619. The zero-order valence-electron chi connectivity index (χ0n) is 16.0. The average molecular weight is 371 g/mol. The molecule has 146 valence electrons. The van der Waals surface area contributed by atoms with Crippen molar-refractivity contribution in [3.05, 3.63) is 29.8 Å². The second-order valence-electron chi connectivity index (χ2n) is 8.07. The van der Waals surface area contributed by atoms with Gasteiger partial charge in [-0.3, -0.25) is 9.69 Å². The maximum atomic E-state index is 12.7. The minimum absolute atomic E-state index is 0.167. The van der Waals surface area contributed by atoms with Crippen molar-refractivity contribution in [1.29, 1.82) is 0 Å². The molecule has 2 fully saturated rings. The Balaban J connectivity index is 1.33. The molecule has 0 radical (unpaired) electrons. The van der Waals surface area contributed by atoms with Crippen molar-refractivity contribution in [3.63, 3.8) is 0 Å². The van der Waals surface area contributed by atoms with E-state index in [0.29, 0.717) is 12.6 Å². The van der Waals surface area contributed by atoms with Crippen LogP contribution in [0.4, 0.5) is 10.5 Å².